The van der Waals surface area contributed by atoms with E-state index in [0.29, 0.717) is 30.5 Å². The molecule has 1 saturated heterocycles. The minimum Gasteiger partial charge on any atom is -0.409 e. The molecule has 1 aromatic carbocycles. The van der Waals surface area contributed by atoms with E-state index in [1.165, 1.54) is 0 Å². The minimum absolute atomic E-state index is 0.0906. The van der Waals surface area contributed by atoms with Crippen molar-refractivity contribution in [3.05, 3.63) is 51.1 Å². The van der Waals surface area contributed by atoms with Crippen molar-refractivity contribution in [3.63, 3.8) is 0 Å². The molecule has 1 aliphatic heterocycles. The fourth-order valence-corrected chi connectivity index (χ4v) is 5.99. The molecule has 1 aliphatic rings. The molecule has 31 heavy (non-hydrogen) atoms. The van der Waals surface area contributed by atoms with Gasteiger partial charge in [-0.1, -0.05) is 17.7 Å². The third-order valence-corrected chi connectivity index (χ3v) is 7.79. The third-order valence-electron chi connectivity index (χ3n) is 5.51. The quantitative estimate of drug-likeness (QED) is 0.495. The van der Waals surface area contributed by atoms with Gasteiger partial charge in [-0.3, -0.25) is 9.58 Å². The second-order valence-corrected chi connectivity index (χ2v) is 11.0. The van der Waals surface area contributed by atoms with Crippen molar-refractivity contribution in [3.8, 4) is 11.5 Å². The van der Waals surface area contributed by atoms with Crippen LogP contribution in [0.15, 0.2) is 28.7 Å². The molecule has 0 N–H and O–H groups in total. The zero-order valence-corrected chi connectivity index (χ0v) is 20.0. The van der Waals surface area contributed by atoms with Gasteiger partial charge in [0.1, 0.15) is 0 Å². The molecule has 0 saturated carbocycles. The van der Waals surface area contributed by atoms with Crippen molar-refractivity contribution in [2.45, 2.75) is 39.5 Å². The number of rotatable bonds is 6. The summed E-state index contributed by atoms with van der Waals surface area (Å²) in [4.78, 5) is 2.34. The standard InChI is InChI=1S/C20H24ClN5O3S2/c1-13-18(14(2)26(22-13)17-7-8-31(27,28)11-17)10-24(3)12-25-20(30)29-19(23-25)15-5-4-6-16(21)9-15/h4-6,9,17H,7-8,10-12H2,1-3H3. The van der Waals surface area contributed by atoms with Crippen molar-refractivity contribution < 1.29 is 12.8 Å². The highest BCUT2D eigenvalue weighted by molar-refractivity contribution is 7.91. The molecule has 11 heteroatoms. The molecule has 0 amide bonds. The fraction of sp³-hybridized carbons (Fsp3) is 0.450. The molecule has 0 spiro atoms. The van der Waals surface area contributed by atoms with Gasteiger partial charge >= 0.3 is 0 Å². The van der Waals surface area contributed by atoms with Crippen LogP contribution in [0, 0.1) is 18.7 Å². The van der Waals surface area contributed by atoms with Gasteiger partial charge in [-0.2, -0.15) is 5.10 Å². The molecule has 4 rings (SSSR count). The highest BCUT2D eigenvalue weighted by atomic mass is 35.5. The number of aryl methyl sites for hydroxylation is 1. The SMILES string of the molecule is Cc1nn(C2CCS(=O)(=O)C2)c(C)c1CN(C)Cn1nc(-c2cccc(Cl)c2)oc1=S. The van der Waals surface area contributed by atoms with E-state index in [4.69, 9.17) is 28.2 Å². The molecule has 3 heterocycles. The molecule has 2 aromatic heterocycles. The van der Waals surface area contributed by atoms with Gasteiger partial charge in [-0.15, -0.1) is 5.10 Å². The number of nitrogens with zero attached hydrogens (tertiary/aromatic N) is 5. The van der Waals surface area contributed by atoms with Crippen molar-refractivity contribution in [1.82, 2.24) is 24.5 Å². The third kappa shape index (κ3) is 4.77. The zero-order chi connectivity index (χ0) is 22.3. The van der Waals surface area contributed by atoms with Crippen molar-refractivity contribution in [2.75, 3.05) is 18.6 Å². The highest BCUT2D eigenvalue weighted by Crippen LogP contribution is 2.27. The molecular formula is C20H24ClN5O3S2. The monoisotopic (exact) mass is 481 g/mol. The van der Waals surface area contributed by atoms with Gasteiger partial charge in [-0.05, 0) is 57.7 Å². The summed E-state index contributed by atoms with van der Waals surface area (Å²) in [5.41, 5.74) is 3.74. The Bertz CT molecular complexity index is 1280. The van der Waals surface area contributed by atoms with E-state index in [-0.39, 0.29) is 22.4 Å². The van der Waals surface area contributed by atoms with E-state index in [9.17, 15) is 8.42 Å². The maximum Gasteiger partial charge on any atom is 0.288 e. The van der Waals surface area contributed by atoms with Crippen LogP contribution < -0.4 is 0 Å². The van der Waals surface area contributed by atoms with Crippen LogP contribution in [0.25, 0.3) is 11.5 Å². The van der Waals surface area contributed by atoms with Crippen molar-refractivity contribution in [1.29, 1.82) is 0 Å². The van der Waals surface area contributed by atoms with E-state index in [1.807, 2.05) is 37.7 Å². The predicted octanol–water partition coefficient (Wildman–Crippen LogP) is 3.79. The summed E-state index contributed by atoms with van der Waals surface area (Å²) in [6.07, 6.45) is 0.611. The first-order valence-electron chi connectivity index (χ1n) is 9.90. The summed E-state index contributed by atoms with van der Waals surface area (Å²) in [6, 6.07) is 7.18. The summed E-state index contributed by atoms with van der Waals surface area (Å²) in [7, 11) is -1.00. The molecule has 0 radical (unpaired) electrons. The van der Waals surface area contributed by atoms with Crippen LogP contribution in [-0.4, -0.2) is 51.4 Å². The molecular weight excluding hydrogens is 458 g/mol. The number of aromatic nitrogens is 4. The Hall–Kier alpha value is -2.01. The van der Waals surface area contributed by atoms with Crippen LogP contribution >= 0.6 is 23.8 Å². The summed E-state index contributed by atoms with van der Waals surface area (Å²) >= 11 is 11.4. The van der Waals surface area contributed by atoms with E-state index in [0.717, 1.165) is 22.5 Å². The largest absolute Gasteiger partial charge is 0.409 e. The molecule has 0 bridgehead atoms. The Balaban J connectivity index is 1.50. The van der Waals surface area contributed by atoms with Crippen LogP contribution in [0.1, 0.15) is 29.4 Å². The highest BCUT2D eigenvalue weighted by Gasteiger charge is 2.31. The molecule has 1 atom stereocenters. The number of benzene rings is 1. The van der Waals surface area contributed by atoms with Crippen LogP contribution in [0.2, 0.25) is 5.02 Å². The lowest BCUT2D eigenvalue weighted by Crippen LogP contribution is -2.23. The number of hydrogen-bond donors (Lipinski definition) is 0. The van der Waals surface area contributed by atoms with Crippen molar-refractivity contribution >= 4 is 33.7 Å². The Labute approximate surface area is 191 Å². The molecule has 0 aliphatic carbocycles. The smallest absolute Gasteiger partial charge is 0.288 e. The lowest BCUT2D eigenvalue weighted by Gasteiger charge is -2.17. The maximum absolute atomic E-state index is 11.9. The van der Waals surface area contributed by atoms with Gasteiger partial charge in [0.25, 0.3) is 4.84 Å². The second kappa shape index (κ2) is 8.50. The topological polar surface area (TPSA) is 86.2 Å². The van der Waals surface area contributed by atoms with E-state index < -0.39 is 9.84 Å². The number of halogens is 1. The Morgan fingerprint density at radius 1 is 1.32 bits per heavy atom. The Morgan fingerprint density at radius 3 is 2.77 bits per heavy atom. The lowest BCUT2D eigenvalue weighted by molar-refractivity contribution is 0.239. The first kappa shape index (κ1) is 22.2. The summed E-state index contributed by atoms with van der Waals surface area (Å²) in [5, 5.41) is 9.73. The maximum atomic E-state index is 11.9. The molecule has 3 aromatic rings. The van der Waals surface area contributed by atoms with Gasteiger partial charge in [0.2, 0.25) is 5.89 Å². The van der Waals surface area contributed by atoms with Gasteiger partial charge < -0.3 is 4.42 Å². The second-order valence-electron chi connectivity index (χ2n) is 7.99. The first-order chi connectivity index (χ1) is 14.6. The lowest BCUT2D eigenvalue weighted by atomic mass is 10.2. The van der Waals surface area contributed by atoms with E-state index in [2.05, 4.69) is 15.1 Å². The molecule has 1 fully saturated rings. The fourth-order valence-electron chi connectivity index (χ4n) is 3.93. The predicted molar refractivity (Wildman–Crippen MR) is 121 cm³/mol. The van der Waals surface area contributed by atoms with E-state index >= 15 is 0 Å². The van der Waals surface area contributed by atoms with E-state index in [1.54, 1.807) is 16.8 Å². The molecule has 8 nitrogen and oxygen atoms in total. The zero-order valence-electron chi connectivity index (χ0n) is 17.6. The van der Waals surface area contributed by atoms with Crippen LogP contribution in [0.5, 0.6) is 0 Å². The van der Waals surface area contributed by atoms with Crippen LogP contribution in [0.4, 0.5) is 0 Å². The van der Waals surface area contributed by atoms with Gasteiger partial charge in [0.05, 0.1) is 29.9 Å². The molecule has 166 valence electrons. The van der Waals surface area contributed by atoms with Crippen LogP contribution in [-0.2, 0) is 23.1 Å². The van der Waals surface area contributed by atoms with Gasteiger partial charge in [0.15, 0.2) is 9.84 Å². The van der Waals surface area contributed by atoms with Gasteiger partial charge in [0, 0.05) is 28.4 Å². The van der Waals surface area contributed by atoms with Crippen molar-refractivity contribution in [2.24, 2.45) is 0 Å². The summed E-state index contributed by atoms with van der Waals surface area (Å²) in [5.74, 6) is 0.804. The minimum atomic E-state index is -2.97. The Kier molecular flexibility index (Phi) is 6.08. The normalized spacial score (nSPS) is 18.2. The van der Waals surface area contributed by atoms with Crippen LogP contribution in [0.3, 0.4) is 0 Å². The summed E-state index contributed by atoms with van der Waals surface area (Å²) in [6.45, 7) is 5.01. The Morgan fingerprint density at radius 2 is 2.10 bits per heavy atom. The van der Waals surface area contributed by atoms with Gasteiger partial charge in [-0.25, -0.2) is 13.1 Å². The number of hydrogen-bond acceptors (Lipinski definition) is 7. The first-order valence-corrected chi connectivity index (χ1v) is 12.5. The average molecular weight is 482 g/mol. The average Bonchev–Trinajstić information content (AvgIpc) is 3.33. The number of sulfone groups is 1. The summed E-state index contributed by atoms with van der Waals surface area (Å²) < 4.78 is 32.9. The molecule has 1 unspecified atom stereocenters.